The second-order valence-electron chi connectivity index (χ2n) is 2.96. The molecule has 0 spiro atoms. The van der Waals surface area contributed by atoms with Crippen molar-refractivity contribution in [3.63, 3.8) is 0 Å². The summed E-state index contributed by atoms with van der Waals surface area (Å²) in [5.41, 5.74) is 0.697. The Balaban J connectivity index is 2.90. The van der Waals surface area contributed by atoms with E-state index in [1.807, 2.05) is 0 Å². The van der Waals surface area contributed by atoms with E-state index >= 15 is 0 Å². The van der Waals surface area contributed by atoms with E-state index in [-0.39, 0.29) is 0 Å². The largest absolute Gasteiger partial charge is 0.269 e. The van der Waals surface area contributed by atoms with E-state index in [9.17, 15) is 8.42 Å². The zero-order valence-corrected chi connectivity index (χ0v) is 10.5. The molecule has 0 saturated carbocycles. The summed E-state index contributed by atoms with van der Waals surface area (Å²) in [7, 11) is -1.71. The molecule has 0 aliphatic rings. The minimum Gasteiger partial charge on any atom is -0.269 e. The third-order valence-corrected chi connectivity index (χ3v) is 2.65. The molecule has 5 nitrogen and oxygen atoms in total. The maximum absolute atomic E-state index is 10.9. The fourth-order valence-electron chi connectivity index (χ4n) is 1.14. The molecular formula is C7H11BrN2O3S. The fourth-order valence-corrected chi connectivity index (χ4v) is 2.23. The van der Waals surface area contributed by atoms with Crippen molar-refractivity contribution in [2.75, 3.05) is 6.26 Å². The van der Waals surface area contributed by atoms with Crippen LogP contribution in [0.1, 0.15) is 18.7 Å². The molecule has 0 fully saturated rings. The van der Waals surface area contributed by atoms with Crippen LogP contribution < -0.4 is 0 Å². The van der Waals surface area contributed by atoms with E-state index in [4.69, 9.17) is 4.18 Å². The first-order chi connectivity index (χ1) is 6.29. The third kappa shape index (κ3) is 3.07. The topological polar surface area (TPSA) is 61.2 Å². The minimum atomic E-state index is -3.44. The van der Waals surface area contributed by atoms with Gasteiger partial charge in [0.2, 0.25) is 0 Å². The molecule has 0 amide bonds. The number of nitrogens with zero attached hydrogens (tertiary/aromatic N) is 2. The van der Waals surface area contributed by atoms with Gasteiger partial charge in [-0.15, -0.1) is 0 Å². The molecule has 0 bridgehead atoms. The maximum atomic E-state index is 10.9. The van der Waals surface area contributed by atoms with E-state index in [1.54, 1.807) is 24.7 Å². The summed E-state index contributed by atoms with van der Waals surface area (Å²) >= 11 is 3.19. The van der Waals surface area contributed by atoms with Crippen molar-refractivity contribution in [3.8, 4) is 0 Å². The Labute approximate surface area is 91.3 Å². The molecule has 1 heterocycles. The lowest BCUT2D eigenvalue weighted by Gasteiger charge is -2.10. The van der Waals surface area contributed by atoms with Crippen molar-refractivity contribution in [2.45, 2.75) is 13.0 Å². The Morgan fingerprint density at radius 2 is 2.21 bits per heavy atom. The van der Waals surface area contributed by atoms with Crippen LogP contribution in [0.4, 0.5) is 0 Å². The molecule has 0 aromatic carbocycles. The lowest BCUT2D eigenvalue weighted by atomic mass is 10.3. The van der Waals surface area contributed by atoms with Crippen molar-refractivity contribution in [1.82, 2.24) is 9.78 Å². The molecule has 7 heteroatoms. The molecule has 0 aliphatic carbocycles. The summed E-state index contributed by atoms with van der Waals surface area (Å²) in [6.07, 6.45) is 0.489. The van der Waals surface area contributed by atoms with Gasteiger partial charge < -0.3 is 0 Å². The summed E-state index contributed by atoms with van der Waals surface area (Å²) < 4.78 is 28.8. The SMILES string of the molecule is CC(OS(C)(=O)=O)c1cc(Br)nn1C. The van der Waals surface area contributed by atoms with Crippen molar-refractivity contribution < 1.29 is 12.6 Å². The summed E-state index contributed by atoms with van der Waals surface area (Å²) in [5.74, 6) is 0. The van der Waals surface area contributed by atoms with Gasteiger partial charge in [0.15, 0.2) is 0 Å². The lowest BCUT2D eigenvalue weighted by molar-refractivity contribution is 0.226. The highest BCUT2D eigenvalue weighted by Gasteiger charge is 2.16. The van der Waals surface area contributed by atoms with Crippen LogP contribution in [0, 0.1) is 0 Å². The lowest BCUT2D eigenvalue weighted by Crippen LogP contribution is -2.10. The number of hydrogen-bond acceptors (Lipinski definition) is 4. The van der Waals surface area contributed by atoms with Gasteiger partial charge in [0.1, 0.15) is 10.7 Å². The van der Waals surface area contributed by atoms with Gasteiger partial charge in [0.05, 0.1) is 11.9 Å². The monoisotopic (exact) mass is 282 g/mol. The Morgan fingerprint density at radius 1 is 1.64 bits per heavy atom. The number of aromatic nitrogens is 2. The summed E-state index contributed by atoms with van der Waals surface area (Å²) in [5, 5.41) is 4.02. The molecule has 14 heavy (non-hydrogen) atoms. The second-order valence-corrected chi connectivity index (χ2v) is 5.37. The predicted molar refractivity (Wildman–Crippen MR) is 55.3 cm³/mol. The predicted octanol–water partition coefficient (Wildman–Crippen LogP) is 1.22. The molecule has 80 valence electrons. The zero-order chi connectivity index (χ0) is 10.9. The first-order valence-electron chi connectivity index (χ1n) is 3.87. The van der Waals surface area contributed by atoms with Crippen LogP contribution in [0.5, 0.6) is 0 Å². The maximum Gasteiger partial charge on any atom is 0.265 e. The van der Waals surface area contributed by atoms with Crippen LogP contribution in [0.2, 0.25) is 0 Å². The van der Waals surface area contributed by atoms with E-state index in [0.29, 0.717) is 10.3 Å². The number of halogens is 1. The normalized spacial score (nSPS) is 14.3. The smallest absolute Gasteiger partial charge is 0.265 e. The van der Waals surface area contributed by atoms with Gasteiger partial charge in [-0.25, -0.2) is 0 Å². The van der Waals surface area contributed by atoms with Gasteiger partial charge in [-0.05, 0) is 28.9 Å². The average Bonchev–Trinajstić information content (AvgIpc) is 2.26. The Hall–Kier alpha value is -0.400. The van der Waals surface area contributed by atoms with Crippen LogP contribution in [0.15, 0.2) is 10.7 Å². The van der Waals surface area contributed by atoms with Crippen molar-refractivity contribution in [3.05, 3.63) is 16.4 Å². The second kappa shape index (κ2) is 4.00. The van der Waals surface area contributed by atoms with Gasteiger partial charge in [-0.1, -0.05) is 0 Å². The number of hydrogen-bond donors (Lipinski definition) is 0. The molecule has 0 radical (unpaired) electrons. The molecule has 1 atom stereocenters. The first-order valence-corrected chi connectivity index (χ1v) is 6.48. The van der Waals surface area contributed by atoms with Crippen LogP contribution in [0.3, 0.4) is 0 Å². The van der Waals surface area contributed by atoms with Crippen molar-refractivity contribution in [2.24, 2.45) is 7.05 Å². The van der Waals surface area contributed by atoms with Gasteiger partial charge >= 0.3 is 0 Å². The zero-order valence-electron chi connectivity index (χ0n) is 8.06. The highest BCUT2D eigenvalue weighted by atomic mass is 79.9. The van der Waals surface area contributed by atoms with Gasteiger partial charge in [-0.2, -0.15) is 13.5 Å². The first kappa shape index (κ1) is 11.7. The summed E-state index contributed by atoms with van der Waals surface area (Å²) in [4.78, 5) is 0. The molecule has 0 aliphatic heterocycles. The van der Waals surface area contributed by atoms with E-state index in [1.165, 1.54) is 0 Å². The Bertz CT molecular complexity index is 426. The molecule has 1 aromatic heterocycles. The van der Waals surface area contributed by atoms with Gasteiger partial charge in [0.25, 0.3) is 10.1 Å². The van der Waals surface area contributed by atoms with Crippen LogP contribution in [0.25, 0.3) is 0 Å². The summed E-state index contributed by atoms with van der Waals surface area (Å²) in [6, 6.07) is 1.72. The molecule has 1 unspecified atom stereocenters. The third-order valence-electron chi connectivity index (χ3n) is 1.62. The fraction of sp³-hybridized carbons (Fsp3) is 0.571. The Kier molecular flexibility index (Phi) is 3.33. The van der Waals surface area contributed by atoms with Gasteiger partial charge in [-0.3, -0.25) is 8.86 Å². The van der Waals surface area contributed by atoms with E-state index < -0.39 is 16.2 Å². The molecule has 0 saturated heterocycles. The number of aryl methyl sites for hydroxylation is 1. The standard InChI is InChI=1S/C7H11BrN2O3S/c1-5(13-14(3,11)12)6-4-7(8)9-10(6)2/h4-5H,1-3H3. The van der Waals surface area contributed by atoms with E-state index in [2.05, 4.69) is 21.0 Å². The highest BCUT2D eigenvalue weighted by Crippen LogP contribution is 2.21. The number of rotatable bonds is 3. The van der Waals surface area contributed by atoms with Crippen molar-refractivity contribution in [1.29, 1.82) is 0 Å². The van der Waals surface area contributed by atoms with Gasteiger partial charge in [0, 0.05) is 7.05 Å². The van der Waals surface area contributed by atoms with Crippen LogP contribution in [-0.2, 0) is 21.3 Å². The average molecular weight is 283 g/mol. The minimum absolute atomic E-state index is 0.534. The highest BCUT2D eigenvalue weighted by molar-refractivity contribution is 9.10. The van der Waals surface area contributed by atoms with Crippen LogP contribution >= 0.6 is 15.9 Å². The summed E-state index contributed by atoms with van der Waals surface area (Å²) in [6.45, 7) is 1.66. The Morgan fingerprint density at radius 3 is 2.57 bits per heavy atom. The van der Waals surface area contributed by atoms with Crippen LogP contribution in [-0.4, -0.2) is 24.5 Å². The molecule has 1 rings (SSSR count). The van der Waals surface area contributed by atoms with Crippen molar-refractivity contribution >= 4 is 26.0 Å². The molecular weight excluding hydrogens is 272 g/mol. The molecule has 0 N–H and O–H groups in total. The quantitative estimate of drug-likeness (QED) is 0.782. The van der Waals surface area contributed by atoms with E-state index in [0.717, 1.165) is 6.26 Å². The molecule has 1 aromatic rings.